The van der Waals surface area contributed by atoms with Crippen molar-refractivity contribution >= 4 is 34.2 Å². The molecule has 1 aromatic carbocycles. The fourth-order valence-corrected chi connectivity index (χ4v) is 3.85. The topological polar surface area (TPSA) is 94.8 Å². The predicted molar refractivity (Wildman–Crippen MR) is 122 cm³/mol. The number of carbonyl (C=O) groups excluding carboxylic acids is 2. The van der Waals surface area contributed by atoms with E-state index in [9.17, 15) is 14.4 Å². The van der Waals surface area contributed by atoms with Gasteiger partial charge in [-0.3, -0.25) is 9.59 Å². The summed E-state index contributed by atoms with van der Waals surface area (Å²) < 4.78 is 16.6. The minimum atomic E-state index is -1.14. The second-order valence-corrected chi connectivity index (χ2v) is 9.15. The monoisotopic (exact) mass is 441 g/mol. The molecule has 0 saturated heterocycles. The van der Waals surface area contributed by atoms with Crippen LogP contribution in [0.2, 0.25) is 0 Å². The summed E-state index contributed by atoms with van der Waals surface area (Å²) in [6.07, 6.45) is 0. The maximum Gasteiger partial charge on any atom is 0.339 e. The number of carbonyl (C=O) groups is 2. The van der Waals surface area contributed by atoms with E-state index in [4.69, 9.17) is 13.9 Å². The van der Waals surface area contributed by atoms with Crippen molar-refractivity contribution in [2.75, 3.05) is 13.2 Å². The van der Waals surface area contributed by atoms with Gasteiger partial charge in [0.1, 0.15) is 17.1 Å². The van der Waals surface area contributed by atoms with Crippen LogP contribution in [0.3, 0.4) is 0 Å². The molecule has 7 heteroatoms. The van der Waals surface area contributed by atoms with Crippen LogP contribution < -0.4 is 21.4 Å². The second kappa shape index (κ2) is 8.81. The van der Waals surface area contributed by atoms with E-state index in [1.54, 1.807) is 19.9 Å². The largest absolute Gasteiger partial charge is 0.465 e. The summed E-state index contributed by atoms with van der Waals surface area (Å²) in [7, 11) is 0. The molecule has 1 aromatic heterocycles. The molecule has 1 heterocycles. The zero-order chi connectivity index (χ0) is 23.8. The standard InChI is InChI=1S/C25H31NO6/c1-8-30-23(28)17-18(24(29)31-9-2)22-19(20(17)26-25(5,6)7)21(27)15-12-14(13(3)4)10-11-16(15)32-22/h10-13,17,26H,8-9H2,1-7H3. The summed E-state index contributed by atoms with van der Waals surface area (Å²) in [6.45, 7) is 13.4. The summed E-state index contributed by atoms with van der Waals surface area (Å²) >= 11 is 0. The van der Waals surface area contributed by atoms with Crippen LogP contribution in [0.1, 0.15) is 59.9 Å². The predicted octanol–water partition coefficient (Wildman–Crippen LogP) is 2.32. The molecule has 1 N–H and O–H groups in total. The lowest BCUT2D eigenvalue weighted by Crippen LogP contribution is -2.46. The van der Waals surface area contributed by atoms with Gasteiger partial charge < -0.3 is 19.2 Å². The van der Waals surface area contributed by atoms with E-state index in [1.165, 1.54) is 0 Å². The van der Waals surface area contributed by atoms with E-state index in [0.29, 0.717) is 16.7 Å². The van der Waals surface area contributed by atoms with Gasteiger partial charge in [-0.05, 0) is 58.2 Å². The summed E-state index contributed by atoms with van der Waals surface area (Å²) in [4.78, 5) is 39.7. The average molecular weight is 442 g/mol. The Labute approximate surface area is 187 Å². The third-order valence-corrected chi connectivity index (χ3v) is 5.20. The van der Waals surface area contributed by atoms with E-state index in [-0.39, 0.29) is 40.8 Å². The number of hydrogen-bond donors (Lipinski definition) is 1. The van der Waals surface area contributed by atoms with Crippen LogP contribution in [0.15, 0.2) is 27.4 Å². The molecule has 7 nitrogen and oxygen atoms in total. The number of fused-ring (bicyclic) bond motifs is 2. The van der Waals surface area contributed by atoms with Crippen LogP contribution in [0.4, 0.5) is 0 Å². The molecule has 0 radical (unpaired) electrons. The molecule has 32 heavy (non-hydrogen) atoms. The molecule has 1 aliphatic carbocycles. The first-order valence-corrected chi connectivity index (χ1v) is 11.0. The van der Waals surface area contributed by atoms with Gasteiger partial charge in [-0.1, -0.05) is 19.9 Å². The second-order valence-electron chi connectivity index (χ2n) is 9.15. The first-order valence-electron chi connectivity index (χ1n) is 11.0. The highest BCUT2D eigenvalue weighted by atomic mass is 16.5. The molecule has 3 rings (SSSR count). The Balaban J connectivity index is 2.50. The van der Waals surface area contributed by atoms with Gasteiger partial charge >= 0.3 is 11.9 Å². The summed E-state index contributed by atoms with van der Waals surface area (Å²) in [5, 5.41) is 3.84. The fraction of sp³-hybridized carbons (Fsp3) is 0.480. The van der Waals surface area contributed by atoms with Gasteiger partial charge in [0.25, 0.3) is 0 Å². The molecule has 0 saturated carbocycles. The highest BCUT2D eigenvalue weighted by Crippen LogP contribution is 2.27. The van der Waals surface area contributed by atoms with Crippen molar-refractivity contribution in [2.45, 2.75) is 59.9 Å². The lowest BCUT2D eigenvalue weighted by Gasteiger charge is -2.26. The number of hydrogen-bond acceptors (Lipinski definition) is 7. The van der Waals surface area contributed by atoms with Crippen LogP contribution in [-0.2, 0) is 19.1 Å². The molecule has 0 spiro atoms. The summed E-state index contributed by atoms with van der Waals surface area (Å²) in [6, 6.07) is 5.43. The molecule has 1 atom stereocenters. The molecule has 0 aliphatic heterocycles. The SMILES string of the molecule is CCOC(=O)C1=c2oc3ccc(C(C)C)cc3c(=O)c2=C(NC(C)(C)C)C1C(=O)OCC. The molecule has 0 bridgehead atoms. The van der Waals surface area contributed by atoms with Gasteiger partial charge in [0.2, 0.25) is 5.43 Å². The van der Waals surface area contributed by atoms with Crippen molar-refractivity contribution in [3.05, 3.63) is 44.6 Å². The molecule has 1 aliphatic rings. The van der Waals surface area contributed by atoms with Gasteiger partial charge in [0, 0.05) is 11.2 Å². The van der Waals surface area contributed by atoms with E-state index in [0.717, 1.165) is 5.56 Å². The number of benzene rings is 1. The Morgan fingerprint density at radius 1 is 1.12 bits per heavy atom. The van der Waals surface area contributed by atoms with Crippen molar-refractivity contribution < 1.29 is 23.5 Å². The van der Waals surface area contributed by atoms with E-state index >= 15 is 0 Å². The quantitative estimate of drug-likeness (QED) is 0.688. The Morgan fingerprint density at radius 3 is 2.34 bits per heavy atom. The number of esters is 2. The maximum atomic E-state index is 13.7. The number of rotatable bonds is 6. The molecule has 1 unspecified atom stereocenters. The first-order chi connectivity index (χ1) is 15.0. The maximum absolute atomic E-state index is 13.7. The van der Waals surface area contributed by atoms with Gasteiger partial charge in [0.05, 0.1) is 23.8 Å². The molecular weight excluding hydrogens is 410 g/mol. The minimum absolute atomic E-state index is 0.0148. The van der Waals surface area contributed by atoms with E-state index in [1.807, 2.05) is 46.8 Å². The highest BCUT2D eigenvalue weighted by Gasteiger charge is 2.42. The van der Waals surface area contributed by atoms with Crippen molar-refractivity contribution in [1.29, 1.82) is 0 Å². The smallest absolute Gasteiger partial charge is 0.339 e. The summed E-state index contributed by atoms with van der Waals surface area (Å²) in [5.74, 6) is -2.27. The number of nitrogens with one attached hydrogen (secondary N) is 1. The van der Waals surface area contributed by atoms with Gasteiger partial charge in [0.15, 0.2) is 5.42 Å². The van der Waals surface area contributed by atoms with Gasteiger partial charge in [-0.2, -0.15) is 0 Å². The Morgan fingerprint density at radius 2 is 1.78 bits per heavy atom. The van der Waals surface area contributed by atoms with Gasteiger partial charge in [-0.15, -0.1) is 0 Å². The van der Waals surface area contributed by atoms with Crippen LogP contribution in [0.5, 0.6) is 0 Å². The van der Waals surface area contributed by atoms with E-state index < -0.39 is 23.4 Å². The minimum Gasteiger partial charge on any atom is -0.465 e. The molecule has 2 aromatic rings. The Bertz CT molecular complexity index is 1250. The third kappa shape index (κ3) is 4.29. The van der Waals surface area contributed by atoms with Gasteiger partial charge in [-0.25, -0.2) is 4.79 Å². The molecule has 0 amide bonds. The number of ether oxygens (including phenoxy) is 2. The zero-order valence-corrected chi connectivity index (χ0v) is 19.8. The van der Waals surface area contributed by atoms with Crippen molar-refractivity contribution in [2.24, 2.45) is 5.92 Å². The lowest BCUT2D eigenvalue weighted by atomic mass is 9.97. The normalized spacial score (nSPS) is 15.8. The summed E-state index contributed by atoms with van der Waals surface area (Å²) in [5.41, 5.74) is 0.887. The van der Waals surface area contributed by atoms with Crippen LogP contribution in [0, 0.1) is 5.92 Å². The van der Waals surface area contributed by atoms with Crippen LogP contribution >= 0.6 is 0 Å². The molecule has 0 fully saturated rings. The highest BCUT2D eigenvalue weighted by molar-refractivity contribution is 6.19. The van der Waals surface area contributed by atoms with Crippen LogP contribution in [-0.4, -0.2) is 30.7 Å². The van der Waals surface area contributed by atoms with E-state index in [2.05, 4.69) is 5.32 Å². The van der Waals surface area contributed by atoms with Crippen molar-refractivity contribution in [3.8, 4) is 0 Å². The fourth-order valence-electron chi connectivity index (χ4n) is 3.85. The zero-order valence-electron chi connectivity index (χ0n) is 19.8. The Kier molecular flexibility index (Phi) is 6.49. The first kappa shape index (κ1) is 23.6. The molecule has 172 valence electrons. The van der Waals surface area contributed by atoms with Crippen LogP contribution in [0.25, 0.3) is 22.2 Å². The molecular formula is C25H31NO6. The Hall–Kier alpha value is -3.09. The average Bonchev–Trinajstić information content (AvgIpc) is 3.00. The third-order valence-electron chi connectivity index (χ3n) is 5.20. The van der Waals surface area contributed by atoms with Crippen molar-refractivity contribution in [1.82, 2.24) is 5.32 Å². The lowest BCUT2D eigenvalue weighted by molar-refractivity contribution is -0.146. The van der Waals surface area contributed by atoms with Crippen molar-refractivity contribution in [3.63, 3.8) is 0 Å².